The summed E-state index contributed by atoms with van der Waals surface area (Å²) in [6.07, 6.45) is 0. The van der Waals surface area contributed by atoms with E-state index in [2.05, 4.69) is 72.6 Å². The number of benzene rings is 2. The van der Waals surface area contributed by atoms with Crippen molar-refractivity contribution in [3.63, 3.8) is 0 Å². The van der Waals surface area contributed by atoms with Gasteiger partial charge in [0.1, 0.15) is 0 Å². The van der Waals surface area contributed by atoms with Crippen LogP contribution in [0.25, 0.3) is 0 Å². The average Bonchev–Trinajstić information content (AvgIpc) is 2.44. The zero-order chi connectivity index (χ0) is 13.7. The fourth-order valence-corrected chi connectivity index (χ4v) is 2.24. The van der Waals surface area contributed by atoms with E-state index in [-0.39, 0.29) is 0 Å². The lowest BCUT2D eigenvalue weighted by molar-refractivity contribution is 0.817. The Bertz CT molecular complexity index is 500. The highest BCUT2D eigenvalue weighted by Gasteiger charge is 2.06. The topological polar surface area (TPSA) is 15.3 Å². The molecule has 0 saturated carbocycles. The molecule has 0 saturated heterocycles. The summed E-state index contributed by atoms with van der Waals surface area (Å²) in [5, 5.41) is 3.17. The van der Waals surface area contributed by atoms with Crippen LogP contribution in [0, 0.1) is 6.92 Å². The Balaban J connectivity index is 2.23. The highest BCUT2D eigenvalue weighted by Crippen LogP contribution is 2.25. The first-order valence-electron chi connectivity index (χ1n) is 6.82. The molecule has 19 heavy (non-hydrogen) atoms. The zero-order valence-electron chi connectivity index (χ0n) is 12.0. The lowest BCUT2D eigenvalue weighted by atomic mass is 10.1. The molecule has 0 atom stereocenters. The van der Waals surface area contributed by atoms with E-state index >= 15 is 0 Å². The summed E-state index contributed by atoms with van der Waals surface area (Å²) in [5.41, 5.74) is 5.09. The second kappa shape index (κ2) is 6.39. The normalized spacial score (nSPS) is 10.5. The number of rotatable bonds is 5. The van der Waals surface area contributed by atoms with Crippen molar-refractivity contribution in [1.82, 2.24) is 5.32 Å². The molecule has 100 valence electrons. The van der Waals surface area contributed by atoms with Gasteiger partial charge in [-0.25, -0.2) is 0 Å². The largest absolute Gasteiger partial charge is 0.342 e. The maximum atomic E-state index is 3.17. The molecule has 1 N–H and O–H groups in total. The molecule has 0 spiro atoms. The predicted octanol–water partition coefficient (Wildman–Crippen LogP) is 3.87. The fourth-order valence-electron chi connectivity index (χ4n) is 2.24. The van der Waals surface area contributed by atoms with E-state index in [0.717, 1.165) is 13.1 Å². The highest BCUT2D eigenvalue weighted by molar-refractivity contribution is 5.63. The standard InChI is InChI=1S/C17H22N2/c1-4-19(16-9-5-14(2)6-10-16)17-11-7-15(8-12-17)13-18-3/h5-12,18H,4,13H2,1-3H3. The van der Waals surface area contributed by atoms with Crippen molar-refractivity contribution in [3.05, 3.63) is 59.7 Å². The van der Waals surface area contributed by atoms with Crippen LogP contribution in [0.15, 0.2) is 48.5 Å². The summed E-state index contributed by atoms with van der Waals surface area (Å²) in [6, 6.07) is 17.4. The van der Waals surface area contributed by atoms with E-state index in [1.54, 1.807) is 0 Å². The van der Waals surface area contributed by atoms with E-state index in [1.807, 2.05) is 7.05 Å². The number of hydrogen-bond donors (Lipinski definition) is 1. The van der Waals surface area contributed by atoms with Gasteiger partial charge in [-0.3, -0.25) is 0 Å². The molecule has 0 aromatic heterocycles. The van der Waals surface area contributed by atoms with Gasteiger partial charge in [0.25, 0.3) is 0 Å². The molecule has 2 heteroatoms. The van der Waals surface area contributed by atoms with E-state index in [1.165, 1.54) is 22.5 Å². The molecule has 0 aliphatic carbocycles. The molecule has 0 aliphatic rings. The maximum absolute atomic E-state index is 3.17. The molecule has 0 fully saturated rings. The Hall–Kier alpha value is -1.80. The Morgan fingerprint density at radius 2 is 1.42 bits per heavy atom. The molecular formula is C17H22N2. The summed E-state index contributed by atoms with van der Waals surface area (Å²) in [7, 11) is 1.97. The lowest BCUT2D eigenvalue weighted by Gasteiger charge is -2.23. The van der Waals surface area contributed by atoms with Crippen molar-refractivity contribution in [2.75, 3.05) is 18.5 Å². The van der Waals surface area contributed by atoms with Gasteiger partial charge in [0.15, 0.2) is 0 Å². The van der Waals surface area contributed by atoms with Crippen LogP contribution in [0.3, 0.4) is 0 Å². The number of hydrogen-bond acceptors (Lipinski definition) is 2. The van der Waals surface area contributed by atoms with Gasteiger partial charge in [-0.15, -0.1) is 0 Å². The van der Waals surface area contributed by atoms with Gasteiger partial charge in [-0.1, -0.05) is 29.8 Å². The first-order chi connectivity index (χ1) is 9.24. The van der Waals surface area contributed by atoms with Gasteiger partial charge >= 0.3 is 0 Å². The average molecular weight is 254 g/mol. The van der Waals surface area contributed by atoms with Gasteiger partial charge in [-0.2, -0.15) is 0 Å². The SMILES string of the molecule is CCN(c1ccc(C)cc1)c1ccc(CNC)cc1. The van der Waals surface area contributed by atoms with Gasteiger partial charge in [0.2, 0.25) is 0 Å². The Labute approximate surface area is 116 Å². The van der Waals surface area contributed by atoms with E-state index in [9.17, 15) is 0 Å². The molecule has 0 unspecified atom stereocenters. The van der Waals surface area contributed by atoms with Gasteiger partial charge < -0.3 is 10.2 Å². The van der Waals surface area contributed by atoms with Crippen molar-refractivity contribution in [2.24, 2.45) is 0 Å². The predicted molar refractivity (Wildman–Crippen MR) is 83.1 cm³/mol. The monoisotopic (exact) mass is 254 g/mol. The number of aryl methyl sites for hydroxylation is 1. The minimum atomic E-state index is 0.914. The van der Waals surface area contributed by atoms with E-state index in [4.69, 9.17) is 0 Å². The van der Waals surface area contributed by atoms with E-state index < -0.39 is 0 Å². The minimum Gasteiger partial charge on any atom is -0.342 e. The van der Waals surface area contributed by atoms with Gasteiger partial charge in [0.05, 0.1) is 0 Å². The van der Waals surface area contributed by atoms with Crippen LogP contribution in [0.2, 0.25) is 0 Å². The molecule has 0 bridgehead atoms. The zero-order valence-corrected chi connectivity index (χ0v) is 12.0. The molecule has 0 heterocycles. The van der Waals surface area contributed by atoms with Crippen molar-refractivity contribution >= 4 is 11.4 Å². The molecule has 2 nitrogen and oxygen atoms in total. The summed E-state index contributed by atoms with van der Waals surface area (Å²) in [6.45, 7) is 6.18. The molecule has 0 aliphatic heterocycles. The van der Waals surface area contributed by atoms with Crippen molar-refractivity contribution in [1.29, 1.82) is 0 Å². The van der Waals surface area contributed by atoms with Crippen LogP contribution in [-0.4, -0.2) is 13.6 Å². The summed E-state index contributed by atoms with van der Waals surface area (Å²) >= 11 is 0. The van der Waals surface area contributed by atoms with Crippen LogP contribution in [-0.2, 0) is 6.54 Å². The van der Waals surface area contributed by atoms with Crippen molar-refractivity contribution in [3.8, 4) is 0 Å². The van der Waals surface area contributed by atoms with E-state index in [0.29, 0.717) is 0 Å². The number of anilines is 2. The van der Waals surface area contributed by atoms with Gasteiger partial charge in [0, 0.05) is 24.5 Å². The Kier molecular flexibility index (Phi) is 4.58. The molecule has 2 aromatic carbocycles. The summed E-state index contributed by atoms with van der Waals surface area (Å²) in [5.74, 6) is 0. The highest BCUT2D eigenvalue weighted by atomic mass is 15.1. The number of nitrogens with one attached hydrogen (secondary N) is 1. The second-order valence-electron chi connectivity index (χ2n) is 4.78. The van der Waals surface area contributed by atoms with Crippen LogP contribution >= 0.6 is 0 Å². The molecule has 2 aromatic rings. The van der Waals surface area contributed by atoms with Gasteiger partial charge in [-0.05, 0) is 50.7 Å². The Morgan fingerprint density at radius 3 is 1.89 bits per heavy atom. The van der Waals surface area contributed by atoms with Crippen LogP contribution < -0.4 is 10.2 Å². The van der Waals surface area contributed by atoms with Crippen molar-refractivity contribution < 1.29 is 0 Å². The molecule has 0 radical (unpaired) electrons. The smallest absolute Gasteiger partial charge is 0.0410 e. The van der Waals surface area contributed by atoms with Crippen molar-refractivity contribution in [2.45, 2.75) is 20.4 Å². The third-order valence-electron chi connectivity index (χ3n) is 3.29. The lowest BCUT2D eigenvalue weighted by Crippen LogP contribution is -2.16. The number of nitrogens with zero attached hydrogens (tertiary/aromatic N) is 1. The first-order valence-corrected chi connectivity index (χ1v) is 6.82. The molecule has 2 rings (SSSR count). The first kappa shape index (κ1) is 13.6. The quantitative estimate of drug-likeness (QED) is 0.871. The third-order valence-corrected chi connectivity index (χ3v) is 3.29. The summed E-state index contributed by atoms with van der Waals surface area (Å²) < 4.78 is 0. The van der Waals surface area contributed by atoms with Crippen LogP contribution in [0.4, 0.5) is 11.4 Å². The Morgan fingerprint density at radius 1 is 0.895 bits per heavy atom. The minimum absolute atomic E-state index is 0.914. The molecule has 0 amide bonds. The third kappa shape index (κ3) is 3.36. The van der Waals surface area contributed by atoms with Crippen LogP contribution in [0.5, 0.6) is 0 Å². The second-order valence-corrected chi connectivity index (χ2v) is 4.78. The fraction of sp³-hybridized carbons (Fsp3) is 0.294. The summed E-state index contributed by atoms with van der Waals surface area (Å²) in [4.78, 5) is 2.32. The van der Waals surface area contributed by atoms with Crippen LogP contribution in [0.1, 0.15) is 18.1 Å². The maximum Gasteiger partial charge on any atom is 0.0410 e. The molecular weight excluding hydrogens is 232 g/mol.